The van der Waals surface area contributed by atoms with Gasteiger partial charge in [0.15, 0.2) is 0 Å². The van der Waals surface area contributed by atoms with Crippen LogP contribution in [0.3, 0.4) is 0 Å². The third-order valence-electron chi connectivity index (χ3n) is 3.51. The molecule has 1 fully saturated rings. The number of aryl methyl sites for hydroxylation is 2. The first-order valence-corrected chi connectivity index (χ1v) is 7.97. The summed E-state index contributed by atoms with van der Waals surface area (Å²) in [5.74, 6) is 1.51. The molecule has 1 atom stereocenters. The molecule has 1 aromatic carbocycles. The third kappa shape index (κ3) is 4.12. The summed E-state index contributed by atoms with van der Waals surface area (Å²) in [5, 5.41) is 12.9. The average molecular weight is 291 g/mol. The Balaban J connectivity index is 1.89. The molecule has 1 aliphatic rings. The number of hydrogen-bond acceptors (Lipinski definition) is 3. The molecule has 1 aromatic rings. The number of benzene rings is 1. The molecule has 108 valence electrons. The van der Waals surface area contributed by atoms with E-state index in [1.54, 1.807) is 11.8 Å². The van der Waals surface area contributed by atoms with E-state index < -0.39 is 5.60 Å². The third-order valence-corrected chi connectivity index (χ3v) is 4.75. The molecule has 0 aliphatic carbocycles. The fraction of sp³-hybridized carbons (Fsp3) is 0.438. The Hall–Kier alpha value is -1.26. The van der Waals surface area contributed by atoms with Crippen LogP contribution in [0.25, 0.3) is 6.08 Å². The maximum Gasteiger partial charge on any atom is 0.244 e. The predicted molar refractivity (Wildman–Crippen MR) is 84.9 cm³/mol. The number of hydrogen-bond donors (Lipinski definition) is 2. The Kier molecular flexibility index (Phi) is 4.89. The fourth-order valence-corrected chi connectivity index (χ4v) is 3.52. The lowest BCUT2D eigenvalue weighted by Gasteiger charge is -2.20. The van der Waals surface area contributed by atoms with Crippen LogP contribution in [0, 0.1) is 13.8 Å². The van der Waals surface area contributed by atoms with Crippen molar-refractivity contribution in [1.29, 1.82) is 0 Å². The number of rotatable bonds is 4. The lowest BCUT2D eigenvalue weighted by Crippen LogP contribution is -2.42. The quantitative estimate of drug-likeness (QED) is 0.837. The summed E-state index contributed by atoms with van der Waals surface area (Å²) in [5.41, 5.74) is 2.68. The van der Waals surface area contributed by atoms with Crippen LogP contribution in [-0.4, -0.2) is 34.7 Å². The van der Waals surface area contributed by atoms with Gasteiger partial charge in [0.25, 0.3) is 0 Å². The molecule has 0 aromatic heterocycles. The van der Waals surface area contributed by atoms with Crippen LogP contribution < -0.4 is 5.32 Å². The van der Waals surface area contributed by atoms with Crippen LogP contribution >= 0.6 is 11.8 Å². The Morgan fingerprint density at radius 1 is 1.50 bits per heavy atom. The highest BCUT2D eigenvalue weighted by atomic mass is 32.2. The summed E-state index contributed by atoms with van der Waals surface area (Å²) in [6.07, 6.45) is 4.10. The SMILES string of the molecule is Cc1ccc(/C=C/C(=O)NCC2(O)CCSC2)c(C)c1. The lowest BCUT2D eigenvalue weighted by molar-refractivity contribution is -0.117. The largest absolute Gasteiger partial charge is 0.387 e. The van der Waals surface area contributed by atoms with E-state index >= 15 is 0 Å². The molecular weight excluding hydrogens is 270 g/mol. The van der Waals surface area contributed by atoms with E-state index in [4.69, 9.17) is 0 Å². The topological polar surface area (TPSA) is 49.3 Å². The highest BCUT2D eigenvalue weighted by Crippen LogP contribution is 2.26. The molecule has 0 bridgehead atoms. The van der Waals surface area contributed by atoms with Gasteiger partial charge in [-0.3, -0.25) is 4.79 Å². The molecule has 1 amide bonds. The number of carbonyl (C=O) groups is 1. The summed E-state index contributed by atoms with van der Waals surface area (Å²) >= 11 is 1.73. The fourth-order valence-electron chi connectivity index (χ4n) is 2.22. The van der Waals surface area contributed by atoms with Crippen LogP contribution in [-0.2, 0) is 4.79 Å². The van der Waals surface area contributed by atoms with E-state index in [-0.39, 0.29) is 5.91 Å². The van der Waals surface area contributed by atoms with Crippen molar-refractivity contribution in [1.82, 2.24) is 5.32 Å². The van der Waals surface area contributed by atoms with Gasteiger partial charge < -0.3 is 10.4 Å². The van der Waals surface area contributed by atoms with Gasteiger partial charge in [0.05, 0.1) is 5.60 Å². The van der Waals surface area contributed by atoms with Crippen LogP contribution in [0.1, 0.15) is 23.1 Å². The van der Waals surface area contributed by atoms with E-state index in [2.05, 4.69) is 11.4 Å². The molecule has 1 heterocycles. The van der Waals surface area contributed by atoms with E-state index in [0.29, 0.717) is 12.3 Å². The Morgan fingerprint density at radius 2 is 2.30 bits per heavy atom. The molecule has 1 unspecified atom stereocenters. The highest BCUT2D eigenvalue weighted by Gasteiger charge is 2.31. The van der Waals surface area contributed by atoms with Gasteiger partial charge in [-0.15, -0.1) is 0 Å². The van der Waals surface area contributed by atoms with E-state index in [9.17, 15) is 9.90 Å². The molecule has 2 rings (SSSR count). The predicted octanol–water partition coefficient (Wildman–Crippen LogP) is 2.30. The Morgan fingerprint density at radius 3 is 2.95 bits per heavy atom. The number of carbonyl (C=O) groups excluding carboxylic acids is 1. The van der Waals surface area contributed by atoms with Gasteiger partial charge in [-0.2, -0.15) is 11.8 Å². The second kappa shape index (κ2) is 6.46. The van der Waals surface area contributed by atoms with Crippen molar-refractivity contribution in [3.05, 3.63) is 41.0 Å². The molecule has 20 heavy (non-hydrogen) atoms. The molecule has 0 spiro atoms. The first-order chi connectivity index (χ1) is 9.48. The summed E-state index contributed by atoms with van der Waals surface area (Å²) in [7, 11) is 0. The number of thioether (sulfide) groups is 1. The Labute approximate surface area is 124 Å². The van der Waals surface area contributed by atoms with Gasteiger partial charge in [0.1, 0.15) is 0 Å². The average Bonchev–Trinajstić information content (AvgIpc) is 2.83. The first kappa shape index (κ1) is 15.1. The normalized spacial score (nSPS) is 22.4. The van der Waals surface area contributed by atoms with Crippen LogP contribution in [0.5, 0.6) is 0 Å². The highest BCUT2D eigenvalue weighted by molar-refractivity contribution is 7.99. The van der Waals surface area contributed by atoms with Crippen molar-refractivity contribution in [2.45, 2.75) is 25.9 Å². The van der Waals surface area contributed by atoms with Gasteiger partial charge in [-0.05, 0) is 43.2 Å². The van der Waals surface area contributed by atoms with E-state index in [0.717, 1.165) is 23.3 Å². The van der Waals surface area contributed by atoms with Crippen molar-refractivity contribution in [3.8, 4) is 0 Å². The van der Waals surface area contributed by atoms with E-state index in [1.807, 2.05) is 32.1 Å². The van der Waals surface area contributed by atoms with Gasteiger partial charge in [0.2, 0.25) is 5.91 Å². The van der Waals surface area contributed by atoms with Crippen molar-refractivity contribution < 1.29 is 9.90 Å². The minimum Gasteiger partial charge on any atom is -0.387 e. The zero-order valence-corrected chi connectivity index (χ0v) is 12.8. The Bertz CT molecular complexity index is 519. The molecule has 1 saturated heterocycles. The molecule has 0 radical (unpaired) electrons. The van der Waals surface area contributed by atoms with Crippen LogP contribution in [0.2, 0.25) is 0 Å². The lowest BCUT2D eigenvalue weighted by atomic mass is 10.0. The molecule has 4 heteroatoms. The molecule has 3 nitrogen and oxygen atoms in total. The van der Waals surface area contributed by atoms with Crippen molar-refractivity contribution in [3.63, 3.8) is 0 Å². The first-order valence-electron chi connectivity index (χ1n) is 6.82. The maximum absolute atomic E-state index is 11.8. The molecule has 0 saturated carbocycles. The molecular formula is C16H21NO2S. The van der Waals surface area contributed by atoms with Crippen molar-refractivity contribution >= 4 is 23.7 Å². The standard InChI is InChI=1S/C16H21NO2S/c1-12-3-4-14(13(2)9-12)5-6-15(18)17-10-16(19)7-8-20-11-16/h3-6,9,19H,7-8,10-11H2,1-2H3,(H,17,18)/b6-5+. The second-order valence-corrected chi connectivity index (χ2v) is 6.54. The number of nitrogens with one attached hydrogen (secondary N) is 1. The molecule has 2 N–H and O–H groups in total. The van der Waals surface area contributed by atoms with Gasteiger partial charge >= 0.3 is 0 Å². The number of amides is 1. The minimum absolute atomic E-state index is 0.157. The van der Waals surface area contributed by atoms with Crippen molar-refractivity contribution in [2.75, 3.05) is 18.1 Å². The zero-order chi connectivity index (χ0) is 14.6. The summed E-state index contributed by atoms with van der Waals surface area (Å²) in [6, 6.07) is 6.13. The van der Waals surface area contributed by atoms with Gasteiger partial charge in [-0.1, -0.05) is 23.8 Å². The summed E-state index contributed by atoms with van der Waals surface area (Å²) < 4.78 is 0. The smallest absolute Gasteiger partial charge is 0.244 e. The summed E-state index contributed by atoms with van der Waals surface area (Å²) in [6.45, 7) is 4.41. The van der Waals surface area contributed by atoms with Crippen LogP contribution in [0.4, 0.5) is 0 Å². The van der Waals surface area contributed by atoms with Crippen molar-refractivity contribution in [2.24, 2.45) is 0 Å². The maximum atomic E-state index is 11.8. The minimum atomic E-state index is -0.728. The van der Waals surface area contributed by atoms with Gasteiger partial charge in [0, 0.05) is 18.4 Å². The van der Waals surface area contributed by atoms with E-state index in [1.165, 1.54) is 11.6 Å². The monoisotopic (exact) mass is 291 g/mol. The number of aliphatic hydroxyl groups is 1. The summed E-state index contributed by atoms with van der Waals surface area (Å²) in [4.78, 5) is 11.8. The second-order valence-electron chi connectivity index (χ2n) is 5.44. The molecule has 1 aliphatic heterocycles. The van der Waals surface area contributed by atoms with Gasteiger partial charge in [-0.25, -0.2) is 0 Å². The zero-order valence-electron chi connectivity index (χ0n) is 12.0. The van der Waals surface area contributed by atoms with Crippen LogP contribution in [0.15, 0.2) is 24.3 Å².